The Labute approximate surface area is 123 Å². The molecule has 0 heterocycles. The molecule has 0 unspecified atom stereocenters. The Morgan fingerprint density at radius 3 is 2.29 bits per heavy atom. The van der Waals surface area contributed by atoms with Gasteiger partial charge in [-0.25, -0.2) is 4.39 Å². The molecule has 4 heteroatoms. The van der Waals surface area contributed by atoms with E-state index in [1.807, 2.05) is 31.2 Å². The highest BCUT2D eigenvalue weighted by atomic mass is 19.1. The molecule has 2 aromatic carbocycles. The monoisotopic (exact) mass is 288 g/mol. The van der Waals surface area contributed by atoms with Gasteiger partial charge < -0.3 is 9.47 Å². The first-order valence-electron chi connectivity index (χ1n) is 6.79. The summed E-state index contributed by atoms with van der Waals surface area (Å²) >= 11 is 0. The van der Waals surface area contributed by atoms with Gasteiger partial charge in [-0.2, -0.15) is 0 Å². The summed E-state index contributed by atoms with van der Waals surface area (Å²) in [6, 6.07) is 13.1. The lowest BCUT2D eigenvalue weighted by molar-refractivity contribution is -0.134. The second-order valence-corrected chi connectivity index (χ2v) is 4.69. The van der Waals surface area contributed by atoms with Crippen LogP contribution in [0.5, 0.6) is 11.5 Å². The predicted octanol–water partition coefficient (Wildman–Crippen LogP) is 3.90. The number of aryl methyl sites for hydroxylation is 1. The highest BCUT2D eigenvalue weighted by Crippen LogP contribution is 2.13. The van der Waals surface area contributed by atoms with Crippen molar-refractivity contribution in [2.75, 3.05) is 6.61 Å². The number of carbonyl (C=O) groups is 1. The fourth-order valence-corrected chi connectivity index (χ4v) is 1.73. The zero-order valence-corrected chi connectivity index (χ0v) is 11.8. The molecular formula is C17H17FO3. The quantitative estimate of drug-likeness (QED) is 0.459. The van der Waals surface area contributed by atoms with E-state index in [9.17, 15) is 9.18 Å². The number of ether oxygens (including phenoxy) is 2. The Morgan fingerprint density at radius 1 is 1.00 bits per heavy atom. The number of esters is 1. The average molecular weight is 288 g/mol. The second kappa shape index (κ2) is 7.43. The number of carbonyl (C=O) groups excluding carboxylic acids is 1. The van der Waals surface area contributed by atoms with Crippen LogP contribution >= 0.6 is 0 Å². The topological polar surface area (TPSA) is 35.5 Å². The van der Waals surface area contributed by atoms with Gasteiger partial charge in [-0.3, -0.25) is 4.79 Å². The summed E-state index contributed by atoms with van der Waals surface area (Å²) in [6.45, 7) is 2.46. The van der Waals surface area contributed by atoms with Gasteiger partial charge in [0.15, 0.2) is 0 Å². The maximum Gasteiger partial charge on any atom is 0.311 e. The molecule has 0 aliphatic carbocycles. The molecule has 0 aliphatic rings. The van der Waals surface area contributed by atoms with Gasteiger partial charge in [-0.05, 0) is 49.7 Å². The van der Waals surface area contributed by atoms with Gasteiger partial charge in [0.25, 0.3) is 0 Å². The molecule has 0 aromatic heterocycles. The molecule has 3 nitrogen and oxygen atoms in total. The highest BCUT2D eigenvalue weighted by Gasteiger charge is 2.05. The molecule has 0 fully saturated rings. The Kier molecular flexibility index (Phi) is 5.32. The minimum atomic E-state index is -0.360. The zero-order valence-electron chi connectivity index (χ0n) is 11.8. The number of hydrogen-bond donors (Lipinski definition) is 0. The third-order valence-electron chi connectivity index (χ3n) is 2.86. The van der Waals surface area contributed by atoms with Crippen LogP contribution in [0, 0.1) is 12.7 Å². The standard InChI is InChI=1S/C17H17FO3/c1-13-4-8-15(9-5-13)20-12-2-3-17(19)21-16-10-6-14(18)7-11-16/h4-11H,2-3,12H2,1H3. The van der Waals surface area contributed by atoms with Crippen molar-refractivity contribution in [2.24, 2.45) is 0 Å². The lowest BCUT2D eigenvalue weighted by atomic mass is 10.2. The number of hydrogen-bond acceptors (Lipinski definition) is 3. The number of benzene rings is 2. The minimum Gasteiger partial charge on any atom is -0.494 e. The predicted molar refractivity (Wildman–Crippen MR) is 77.9 cm³/mol. The molecule has 2 rings (SSSR count). The Hall–Kier alpha value is -2.36. The van der Waals surface area contributed by atoms with Gasteiger partial charge >= 0.3 is 5.97 Å². The summed E-state index contributed by atoms with van der Waals surface area (Å²) in [6.07, 6.45) is 0.817. The Morgan fingerprint density at radius 2 is 1.62 bits per heavy atom. The molecule has 0 saturated heterocycles. The van der Waals surface area contributed by atoms with E-state index in [0.717, 1.165) is 5.75 Å². The minimum absolute atomic E-state index is 0.253. The number of halogens is 1. The van der Waals surface area contributed by atoms with E-state index in [2.05, 4.69) is 0 Å². The molecule has 21 heavy (non-hydrogen) atoms. The molecule has 0 atom stereocenters. The van der Waals surface area contributed by atoms with Gasteiger partial charge in [0.2, 0.25) is 0 Å². The normalized spacial score (nSPS) is 10.2. The first-order chi connectivity index (χ1) is 10.1. The van der Waals surface area contributed by atoms with Crippen LogP contribution in [-0.4, -0.2) is 12.6 Å². The van der Waals surface area contributed by atoms with Crippen LogP contribution in [0.4, 0.5) is 4.39 Å². The fourth-order valence-electron chi connectivity index (χ4n) is 1.73. The molecule has 2 aromatic rings. The van der Waals surface area contributed by atoms with Crippen molar-refractivity contribution in [1.82, 2.24) is 0 Å². The van der Waals surface area contributed by atoms with Crippen LogP contribution in [0.1, 0.15) is 18.4 Å². The van der Waals surface area contributed by atoms with Crippen molar-refractivity contribution in [3.63, 3.8) is 0 Å². The van der Waals surface area contributed by atoms with Crippen LogP contribution < -0.4 is 9.47 Å². The lowest BCUT2D eigenvalue weighted by Crippen LogP contribution is -2.09. The van der Waals surface area contributed by atoms with E-state index in [4.69, 9.17) is 9.47 Å². The fraction of sp³-hybridized carbons (Fsp3) is 0.235. The SMILES string of the molecule is Cc1ccc(OCCCC(=O)Oc2ccc(F)cc2)cc1. The summed E-state index contributed by atoms with van der Waals surface area (Å²) in [5.41, 5.74) is 1.17. The molecule has 0 radical (unpaired) electrons. The summed E-state index contributed by atoms with van der Waals surface area (Å²) in [5, 5.41) is 0. The van der Waals surface area contributed by atoms with Crippen LogP contribution in [0.15, 0.2) is 48.5 Å². The average Bonchev–Trinajstić information content (AvgIpc) is 2.48. The van der Waals surface area contributed by atoms with E-state index in [1.165, 1.54) is 29.8 Å². The molecule has 110 valence electrons. The van der Waals surface area contributed by atoms with Gasteiger partial charge in [-0.15, -0.1) is 0 Å². The molecule has 0 N–H and O–H groups in total. The van der Waals surface area contributed by atoms with Crippen LogP contribution in [0.25, 0.3) is 0 Å². The molecule has 0 aliphatic heterocycles. The lowest BCUT2D eigenvalue weighted by Gasteiger charge is -2.07. The van der Waals surface area contributed by atoms with Crippen molar-refractivity contribution in [3.8, 4) is 11.5 Å². The van der Waals surface area contributed by atoms with E-state index in [1.54, 1.807) is 0 Å². The van der Waals surface area contributed by atoms with Crippen LogP contribution in [-0.2, 0) is 4.79 Å². The third-order valence-corrected chi connectivity index (χ3v) is 2.86. The zero-order chi connectivity index (χ0) is 15.1. The largest absolute Gasteiger partial charge is 0.494 e. The van der Waals surface area contributed by atoms with Gasteiger partial charge in [0.05, 0.1) is 6.61 Å². The maximum atomic E-state index is 12.7. The smallest absolute Gasteiger partial charge is 0.311 e. The molecule has 0 saturated carbocycles. The molecule has 0 spiro atoms. The highest BCUT2D eigenvalue weighted by molar-refractivity contribution is 5.72. The first-order valence-corrected chi connectivity index (χ1v) is 6.79. The molecule has 0 bridgehead atoms. The summed E-state index contributed by atoms with van der Waals surface area (Å²) in [7, 11) is 0. The van der Waals surface area contributed by atoms with Crippen molar-refractivity contribution >= 4 is 5.97 Å². The van der Waals surface area contributed by atoms with Crippen molar-refractivity contribution < 1.29 is 18.7 Å². The van der Waals surface area contributed by atoms with Crippen LogP contribution in [0.2, 0.25) is 0 Å². The van der Waals surface area contributed by atoms with Crippen molar-refractivity contribution in [1.29, 1.82) is 0 Å². The second-order valence-electron chi connectivity index (χ2n) is 4.69. The summed E-state index contributed by atoms with van der Waals surface area (Å²) in [4.78, 5) is 11.6. The van der Waals surface area contributed by atoms with Crippen molar-refractivity contribution in [3.05, 3.63) is 59.9 Å². The number of rotatable bonds is 6. The maximum absolute atomic E-state index is 12.7. The summed E-state index contributed by atoms with van der Waals surface area (Å²) < 4.78 is 23.3. The van der Waals surface area contributed by atoms with Crippen molar-refractivity contribution in [2.45, 2.75) is 19.8 Å². The van der Waals surface area contributed by atoms with Gasteiger partial charge in [0.1, 0.15) is 17.3 Å². The Balaban J connectivity index is 1.67. The molecular weight excluding hydrogens is 271 g/mol. The van der Waals surface area contributed by atoms with E-state index in [0.29, 0.717) is 18.8 Å². The molecule has 0 amide bonds. The van der Waals surface area contributed by atoms with Gasteiger partial charge in [0, 0.05) is 6.42 Å². The van der Waals surface area contributed by atoms with E-state index >= 15 is 0 Å². The summed E-state index contributed by atoms with van der Waals surface area (Å²) in [5.74, 6) is 0.420. The van der Waals surface area contributed by atoms with E-state index < -0.39 is 0 Å². The third kappa shape index (κ3) is 5.26. The van der Waals surface area contributed by atoms with E-state index in [-0.39, 0.29) is 18.2 Å². The first kappa shape index (κ1) is 15.0. The van der Waals surface area contributed by atoms with Gasteiger partial charge in [-0.1, -0.05) is 17.7 Å². The Bertz CT molecular complexity index is 576. The van der Waals surface area contributed by atoms with Crippen LogP contribution in [0.3, 0.4) is 0 Å².